The van der Waals surface area contributed by atoms with Gasteiger partial charge in [-0.1, -0.05) is 51.1 Å². The second-order valence-corrected chi connectivity index (χ2v) is 8.17. The number of nitrogens with one attached hydrogen (secondary N) is 3. The molecular weight excluding hydrogens is 392 g/mol. The smallest absolute Gasteiger partial charge is 0.324 e. The zero-order valence-corrected chi connectivity index (χ0v) is 18.0. The highest BCUT2D eigenvalue weighted by molar-refractivity contribution is 5.99. The molecule has 0 aliphatic carbocycles. The van der Waals surface area contributed by atoms with Crippen molar-refractivity contribution in [2.24, 2.45) is 5.73 Å². The summed E-state index contributed by atoms with van der Waals surface area (Å²) in [4.78, 5) is 23.9. The molecule has 3 aromatic rings. The fourth-order valence-electron chi connectivity index (χ4n) is 2.86. The molecule has 0 aliphatic rings. The molecule has 3 amide bonds. The summed E-state index contributed by atoms with van der Waals surface area (Å²) in [5, 5.41) is 13.2. The van der Waals surface area contributed by atoms with E-state index in [2.05, 4.69) is 36.7 Å². The lowest BCUT2D eigenvalue weighted by atomic mass is 9.92. The van der Waals surface area contributed by atoms with Crippen LogP contribution in [0.2, 0.25) is 0 Å². The van der Waals surface area contributed by atoms with Crippen LogP contribution in [0.5, 0.6) is 0 Å². The van der Waals surface area contributed by atoms with Crippen molar-refractivity contribution in [1.82, 2.24) is 15.1 Å². The third-order valence-corrected chi connectivity index (χ3v) is 4.61. The van der Waals surface area contributed by atoms with E-state index in [1.54, 1.807) is 4.68 Å². The third-order valence-electron chi connectivity index (χ3n) is 4.61. The van der Waals surface area contributed by atoms with Crippen molar-refractivity contribution < 1.29 is 9.59 Å². The van der Waals surface area contributed by atoms with Crippen molar-refractivity contribution >= 4 is 23.4 Å². The Hall–Kier alpha value is -3.65. The molecule has 0 atom stereocenters. The minimum Gasteiger partial charge on any atom is -0.351 e. The van der Waals surface area contributed by atoms with E-state index < -0.39 is 0 Å². The summed E-state index contributed by atoms with van der Waals surface area (Å²) in [7, 11) is 0. The maximum Gasteiger partial charge on any atom is 0.324 e. The minimum absolute atomic E-state index is 0.0406. The molecular formula is C23H28N6O2. The van der Waals surface area contributed by atoms with E-state index in [1.807, 2.05) is 60.7 Å². The summed E-state index contributed by atoms with van der Waals surface area (Å²) < 4.78 is 1.70. The summed E-state index contributed by atoms with van der Waals surface area (Å²) >= 11 is 0. The maximum absolute atomic E-state index is 12.5. The number of nitrogens with zero attached hydrogens (tertiary/aromatic N) is 2. The molecule has 0 bridgehead atoms. The van der Waals surface area contributed by atoms with E-state index in [0.717, 1.165) is 16.9 Å². The molecule has 31 heavy (non-hydrogen) atoms. The molecule has 0 saturated heterocycles. The lowest BCUT2D eigenvalue weighted by molar-refractivity contribution is -0.119. The topological polar surface area (TPSA) is 114 Å². The van der Waals surface area contributed by atoms with Gasteiger partial charge in [0.25, 0.3) is 0 Å². The number of para-hydroxylation sites is 1. The molecule has 8 heteroatoms. The van der Waals surface area contributed by atoms with Crippen LogP contribution >= 0.6 is 0 Å². The average Bonchev–Trinajstić information content (AvgIpc) is 3.17. The fourth-order valence-corrected chi connectivity index (χ4v) is 2.86. The van der Waals surface area contributed by atoms with Gasteiger partial charge in [-0.15, -0.1) is 0 Å². The van der Waals surface area contributed by atoms with Crippen molar-refractivity contribution in [3.63, 3.8) is 0 Å². The summed E-state index contributed by atoms with van der Waals surface area (Å²) in [6, 6.07) is 18.3. The zero-order chi connectivity index (χ0) is 22.4. The number of aromatic nitrogens is 2. The Bertz CT molecular complexity index is 1040. The maximum atomic E-state index is 12.5. The van der Waals surface area contributed by atoms with Gasteiger partial charge in [0, 0.05) is 23.7 Å². The Labute approximate surface area is 181 Å². The van der Waals surface area contributed by atoms with Gasteiger partial charge in [0.2, 0.25) is 5.91 Å². The molecule has 5 N–H and O–H groups in total. The Morgan fingerprint density at radius 2 is 1.68 bits per heavy atom. The lowest BCUT2D eigenvalue weighted by Crippen LogP contribution is -2.29. The lowest BCUT2D eigenvalue weighted by Gasteiger charge is -2.14. The van der Waals surface area contributed by atoms with Crippen molar-refractivity contribution in [2.45, 2.75) is 32.7 Å². The monoisotopic (exact) mass is 420 g/mol. The van der Waals surface area contributed by atoms with Crippen LogP contribution < -0.4 is 21.7 Å². The highest BCUT2D eigenvalue weighted by Gasteiger charge is 2.21. The molecule has 0 fully saturated rings. The van der Waals surface area contributed by atoms with Crippen molar-refractivity contribution in [2.75, 3.05) is 17.2 Å². The van der Waals surface area contributed by atoms with Gasteiger partial charge in [-0.25, -0.2) is 9.48 Å². The van der Waals surface area contributed by atoms with Crippen LogP contribution in [0.25, 0.3) is 5.69 Å². The summed E-state index contributed by atoms with van der Waals surface area (Å²) in [6.45, 7) is 6.55. The number of hydrogen-bond donors (Lipinski definition) is 4. The number of nitrogens with two attached hydrogens (primary N) is 1. The molecule has 3 rings (SSSR count). The summed E-state index contributed by atoms with van der Waals surface area (Å²) in [5.41, 5.74) is 8.40. The molecule has 0 spiro atoms. The van der Waals surface area contributed by atoms with E-state index in [0.29, 0.717) is 18.1 Å². The molecule has 0 aliphatic heterocycles. The summed E-state index contributed by atoms with van der Waals surface area (Å²) in [6.07, 6.45) is 0. The van der Waals surface area contributed by atoms with Crippen LogP contribution in [-0.4, -0.2) is 28.3 Å². The van der Waals surface area contributed by atoms with Gasteiger partial charge in [0.05, 0.1) is 17.9 Å². The van der Waals surface area contributed by atoms with Crippen LogP contribution in [0.15, 0.2) is 60.7 Å². The van der Waals surface area contributed by atoms with Gasteiger partial charge in [0.1, 0.15) is 5.82 Å². The van der Waals surface area contributed by atoms with Crippen molar-refractivity contribution in [3.8, 4) is 5.69 Å². The van der Waals surface area contributed by atoms with E-state index in [-0.39, 0.29) is 23.9 Å². The second kappa shape index (κ2) is 9.44. The highest BCUT2D eigenvalue weighted by Crippen LogP contribution is 2.26. The largest absolute Gasteiger partial charge is 0.351 e. The highest BCUT2D eigenvalue weighted by atomic mass is 16.2. The van der Waals surface area contributed by atoms with E-state index >= 15 is 0 Å². The van der Waals surface area contributed by atoms with Gasteiger partial charge in [-0.2, -0.15) is 5.10 Å². The Morgan fingerprint density at radius 3 is 2.29 bits per heavy atom. The van der Waals surface area contributed by atoms with Gasteiger partial charge in [0.15, 0.2) is 0 Å². The number of rotatable bonds is 6. The quantitative estimate of drug-likeness (QED) is 0.489. The predicted octanol–water partition coefficient (Wildman–Crippen LogP) is 3.39. The number of amides is 3. The number of carbonyl (C=O) groups is 2. The van der Waals surface area contributed by atoms with Gasteiger partial charge in [-0.05, 0) is 29.8 Å². The molecule has 0 unspecified atom stereocenters. The zero-order valence-electron chi connectivity index (χ0n) is 18.0. The second-order valence-electron chi connectivity index (χ2n) is 8.17. The first kappa shape index (κ1) is 22.0. The minimum atomic E-state index is -0.353. The molecule has 0 saturated carbocycles. The van der Waals surface area contributed by atoms with Gasteiger partial charge < -0.3 is 16.4 Å². The van der Waals surface area contributed by atoms with Crippen LogP contribution in [0.3, 0.4) is 0 Å². The first-order chi connectivity index (χ1) is 14.8. The van der Waals surface area contributed by atoms with Crippen LogP contribution in [0.4, 0.5) is 16.3 Å². The van der Waals surface area contributed by atoms with Crippen molar-refractivity contribution in [1.29, 1.82) is 0 Å². The van der Waals surface area contributed by atoms with Gasteiger partial charge in [-0.3, -0.25) is 10.1 Å². The van der Waals surface area contributed by atoms with Gasteiger partial charge >= 0.3 is 6.03 Å². The number of benzene rings is 2. The normalized spacial score (nSPS) is 11.1. The fraction of sp³-hybridized carbons (Fsp3) is 0.261. The Kier molecular flexibility index (Phi) is 6.71. The first-order valence-corrected chi connectivity index (χ1v) is 10.1. The first-order valence-electron chi connectivity index (χ1n) is 10.1. The number of urea groups is 1. The Morgan fingerprint density at radius 1 is 1.00 bits per heavy atom. The number of hydrogen-bond acceptors (Lipinski definition) is 4. The predicted molar refractivity (Wildman–Crippen MR) is 122 cm³/mol. The average molecular weight is 421 g/mol. The molecule has 1 heterocycles. The van der Waals surface area contributed by atoms with E-state index in [4.69, 9.17) is 10.8 Å². The SMILES string of the molecule is CC(C)(C)c1cc(NC(=O)Nc2ccccc2)n(-c2ccc(CNC(=O)CN)cc2)n1. The molecule has 0 radical (unpaired) electrons. The molecule has 8 nitrogen and oxygen atoms in total. The third kappa shape index (κ3) is 5.93. The van der Waals surface area contributed by atoms with Crippen LogP contribution in [0, 0.1) is 0 Å². The molecule has 1 aromatic heterocycles. The summed E-state index contributed by atoms with van der Waals surface area (Å²) in [5.74, 6) is 0.351. The van der Waals surface area contributed by atoms with Crippen molar-refractivity contribution in [3.05, 3.63) is 71.9 Å². The Balaban J connectivity index is 1.82. The van der Waals surface area contributed by atoms with Crippen LogP contribution in [0.1, 0.15) is 32.0 Å². The van der Waals surface area contributed by atoms with E-state index in [9.17, 15) is 9.59 Å². The van der Waals surface area contributed by atoms with Crippen LogP contribution in [-0.2, 0) is 16.8 Å². The molecule has 162 valence electrons. The molecule has 2 aromatic carbocycles. The number of anilines is 2. The number of carbonyl (C=O) groups excluding carboxylic acids is 2. The standard InChI is InChI=1S/C23H28N6O2/c1-23(2,3)19-13-20(27-22(31)26-17-7-5-4-6-8-17)29(28-19)18-11-9-16(10-12-18)15-25-21(30)14-24/h4-13H,14-15,24H2,1-3H3,(H,25,30)(H2,26,27,31). The van der Waals surface area contributed by atoms with E-state index in [1.165, 1.54) is 0 Å².